The molecule has 3 fully saturated rings. The Hall–Kier alpha value is -3.61. The molecule has 0 aromatic heterocycles. The first-order chi connectivity index (χ1) is 17.0. The number of carbonyl (C=O) groups excluding carboxylic acids is 2. The van der Waals surface area contributed by atoms with E-state index >= 15 is 0 Å². The number of carboxylic acid groups (broad SMARTS) is 1. The van der Waals surface area contributed by atoms with E-state index in [1.807, 2.05) is 36.4 Å². The second-order valence-corrected chi connectivity index (χ2v) is 10.1. The van der Waals surface area contributed by atoms with Crippen LogP contribution in [-0.2, 0) is 14.3 Å². The Balaban J connectivity index is 1.06. The van der Waals surface area contributed by atoms with Crippen LogP contribution >= 0.6 is 0 Å². The van der Waals surface area contributed by atoms with Crippen LogP contribution in [0.4, 0.5) is 4.79 Å². The summed E-state index contributed by atoms with van der Waals surface area (Å²) in [6.45, 7) is 0.775. The van der Waals surface area contributed by atoms with E-state index in [2.05, 4.69) is 29.6 Å². The average molecular weight is 473 g/mol. The third kappa shape index (κ3) is 3.70. The number of ether oxygens (including phenoxy) is 1. The number of rotatable bonds is 5. The SMILES string of the molecule is O=C(N[C@@H]1C=CC[C@@H](C(=O)N2CC3CC2C3C(=O)O)C1)OCC1c2ccccc2-c2ccccc21. The van der Waals surface area contributed by atoms with Crippen LogP contribution in [0, 0.1) is 17.8 Å². The van der Waals surface area contributed by atoms with Gasteiger partial charge in [0.15, 0.2) is 0 Å². The topological polar surface area (TPSA) is 95.9 Å². The molecule has 2 aromatic rings. The number of carboxylic acids is 1. The molecule has 2 heterocycles. The van der Waals surface area contributed by atoms with E-state index in [0.717, 1.165) is 17.5 Å². The van der Waals surface area contributed by atoms with Crippen molar-refractivity contribution >= 4 is 18.0 Å². The van der Waals surface area contributed by atoms with Crippen molar-refractivity contribution in [3.05, 3.63) is 71.8 Å². The van der Waals surface area contributed by atoms with Crippen molar-refractivity contribution < 1.29 is 24.2 Å². The Labute approximate surface area is 203 Å². The van der Waals surface area contributed by atoms with E-state index in [-0.39, 0.29) is 42.4 Å². The Morgan fingerprint density at radius 3 is 2.34 bits per heavy atom. The number of nitrogens with one attached hydrogen (secondary N) is 1. The van der Waals surface area contributed by atoms with Crippen molar-refractivity contribution in [3.8, 4) is 11.1 Å². The van der Waals surface area contributed by atoms with Gasteiger partial charge in [0.05, 0.1) is 12.0 Å². The number of aliphatic carboxylic acids is 1. The smallest absolute Gasteiger partial charge is 0.407 e. The molecule has 7 rings (SSSR count). The highest BCUT2D eigenvalue weighted by Gasteiger charge is 2.57. The molecule has 2 aromatic carbocycles. The van der Waals surface area contributed by atoms with Gasteiger partial charge in [-0.05, 0) is 47.4 Å². The third-order valence-corrected chi connectivity index (χ3v) is 8.19. The lowest BCUT2D eigenvalue weighted by molar-refractivity contribution is -0.149. The molecule has 0 radical (unpaired) electrons. The number of hydrogen-bond acceptors (Lipinski definition) is 4. The summed E-state index contributed by atoms with van der Waals surface area (Å²) in [5.74, 6) is -1.41. The van der Waals surface area contributed by atoms with Gasteiger partial charge in [-0.3, -0.25) is 9.59 Å². The number of nitrogens with zero attached hydrogens (tertiary/aromatic N) is 1. The number of carbonyl (C=O) groups is 3. The minimum atomic E-state index is -0.806. The number of amides is 2. The first-order valence-corrected chi connectivity index (χ1v) is 12.3. The van der Waals surface area contributed by atoms with Crippen LogP contribution in [0.2, 0.25) is 0 Å². The number of hydrogen-bond donors (Lipinski definition) is 2. The molecular weight excluding hydrogens is 444 g/mol. The first-order valence-electron chi connectivity index (χ1n) is 12.3. The minimum absolute atomic E-state index is 0.00457. The van der Waals surface area contributed by atoms with Gasteiger partial charge in [-0.1, -0.05) is 60.7 Å². The molecule has 1 saturated carbocycles. The van der Waals surface area contributed by atoms with E-state index in [9.17, 15) is 19.5 Å². The quantitative estimate of drug-likeness (QED) is 0.646. The normalized spacial score (nSPS) is 28.1. The van der Waals surface area contributed by atoms with Crippen molar-refractivity contribution in [1.82, 2.24) is 10.2 Å². The van der Waals surface area contributed by atoms with Crippen LogP contribution in [0.5, 0.6) is 0 Å². The van der Waals surface area contributed by atoms with Gasteiger partial charge in [0, 0.05) is 24.4 Å². The summed E-state index contributed by atoms with van der Waals surface area (Å²) in [7, 11) is 0. The molecule has 2 amide bonds. The van der Waals surface area contributed by atoms with E-state index in [1.165, 1.54) is 11.1 Å². The lowest BCUT2D eigenvalue weighted by atomic mass is 9.74. The Morgan fingerprint density at radius 1 is 1.00 bits per heavy atom. The van der Waals surface area contributed by atoms with E-state index in [0.29, 0.717) is 19.4 Å². The zero-order valence-electron chi connectivity index (χ0n) is 19.3. The van der Waals surface area contributed by atoms with Crippen molar-refractivity contribution in [3.63, 3.8) is 0 Å². The molecule has 5 atom stereocenters. The van der Waals surface area contributed by atoms with Crippen molar-refractivity contribution in [1.29, 1.82) is 0 Å². The monoisotopic (exact) mass is 472 g/mol. The largest absolute Gasteiger partial charge is 0.481 e. The summed E-state index contributed by atoms with van der Waals surface area (Å²) in [6, 6.07) is 15.9. The maximum absolute atomic E-state index is 13.1. The summed E-state index contributed by atoms with van der Waals surface area (Å²) in [5.41, 5.74) is 4.68. The molecule has 2 bridgehead atoms. The van der Waals surface area contributed by atoms with Gasteiger partial charge < -0.3 is 20.1 Å². The fraction of sp³-hybridized carbons (Fsp3) is 0.393. The fourth-order valence-corrected chi connectivity index (χ4v) is 6.46. The molecule has 7 nitrogen and oxygen atoms in total. The second-order valence-electron chi connectivity index (χ2n) is 10.1. The maximum atomic E-state index is 13.1. The number of fused-ring (bicyclic) bond motifs is 4. The molecule has 3 unspecified atom stereocenters. The van der Waals surface area contributed by atoms with Crippen LogP contribution < -0.4 is 5.32 Å². The van der Waals surface area contributed by atoms with E-state index in [1.54, 1.807) is 4.90 Å². The predicted octanol–water partition coefficient (Wildman–Crippen LogP) is 3.79. The summed E-state index contributed by atoms with van der Waals surface area (Å²) in [4.78, 5) is 39.0. The van der Waals surface area contributed by atoms with E-state index < -0.39 is 18.0 Å². The van der Waals surface area contributed by atoms with Gasteiger partial charge in [0.1, 0.15) is 6.61 Å². The Kier molecular flexibility index (Phi) is 5.35. The molecule has 2 aliphatic heterocycles. The number of allylic oxidation sites excluding steroid dienone is 1. The van der Waals surface area contributed by atoms with Crippen LogP contribution in [-0.4, -0.2) is 53.2 Å². The standard InChI is InChI=1S/C28H28N2O5/c31-26(30-14-17-13-24(30)25(17)27(32)33)16-6-5-7-18(12-16)29-28(34)35-15-23-21-10-3-1-8-19(21)20-9-2-4-11-22(20)23/h1-5,7-11,16-18,23-25H,6,12-15H2,(H,29,34)(H,32,33)/t16-,17?,18-,24?,25?/m1/s1. The Bertz CT molecular complexity index is 1180. The molecular formula is C28H28N2O5. The number of benzene rings is 2. The average Bonchev–Trinajstić information content (AvgIpc) is 3.53. The summed E-state index contributed by atoms with van der Waals surface area (Å²) in [5, 5.41) is 12.3. The van der Waals surface area contributed by atoms with Gasteiger partial charge in [-0.25, -0.2) is 4.79 Å². The molecule has 2 saturated heterocycles. The molecule has 35 heavy (non-hydrogen) atoms. The van der Waals surface area contributed by atoms with Crippen molar-refractivity contribution in [2.75, 3.05) is 13.2 Å². The molecule has 3 aliphatic carbocycles. The minimum Gasteiger partial charge on any atom is -0.481 e. The van der Waals surface area contributed by atoms with Crippen LogP contribution in [0.25, 0.3) is 11.1 Å². The van der Waals surface area contributed by atoms with Crippen molar-refractivity contribution in [2.45, 2.75) is 37.3 Å². The highest BCUT2D eigenvalue weighted by molar-refractivity contribution is 5.83. The molecule has 5 aliphatic rings. The third-order valence-electron chi connectivity index (χ3n) is 8.19. The molecule has 180 valence electrons. The Morgan fingerprint density at radius 2 is 1.69 bits per heavy atom. The summed E-state index contributed by atoms with van der Waals surface area (Å²) < 4.78 is 5.66. The predicted molar refractivity (Wildman–Crippen MR) is 129 cm³/mol. The van der Waals surface area contributed by atoms with Gasteiger partial charge in [-0.15, -0.1) is 0 Å². The first kappa shape index (κ1) is 21.9. The summed E-state index contributed by atoms with van der Waals surface area (Å²) >= 11 is 0. The van der Waals surface area contributed by atoms with Gasteiger partial charge in [-0.2, -0.15) is 0 Å². The van der Waals surface area contributed by atoms with Crippen LogP contribution in [0.1, 0.15) is 36.3 Å². The van der Waals surface area contributed by atoms with Crippen molar-refractivity contribution in [2.24, 2.45) is 17.8 Å². The number of alkyl carbamates (subject to hydrolysis) is 1. The second kappa shape index (κ2) is 8.56. The van der Waals surface area contributed by atoms with Gasteiger partial charge in [0.25, 0.3) is 0 Å². The molecule has 0 spiro atoms. The van der Waals surface area contributed by atoms with Crippen LogP contribution in [0.3, 0.4) is 0 Å². The molecule has 2 N–H and O–H groups in total. The highest BCUT2D eigenvalue weighted by atomic mass is 16.5. The van der Waals surface area contributed by atoms with Gasteiger partial charge in [0.2, 0.25) is 5.91 Å². The lowest BCUT2D eigenvalue weighted by Crippen LogP contribution is -2.47. The van der Waals surface area contributed by atoms with E-state index in [4.69, 9.17) is 4.74 Å². The summed E-state index contributed by atoms with van der Waals surface area (Å²) in [6.07, 6.45) is 5.22. The zero-order valence-corrected chi connectivity index (χ0v) is 19.3. The lowest BCUT2D eigenvalue weighted by Gasteiger charge is -2.35. The zero-order chi connectivity index (χ0) is 24.1. The fourth-order valence-electron chi connectivity index (χ4n) is 6.46. The molecule has 7 heteroatoms. The van der Waals surface area contributed by atoms with Crippen LogP contribution in [0.15, 0.2) is 60.7 Å². The van der Waals surface area contributed by atoms with Gasteiger partial charge >= 0.3 is 12.1 Å². The maximum Gasteiger partial charge on any atom is 0.407 e. The highest BCUT2D eigenvalue weighted by Crippen LogP contribution is 2.47.